The van der Waals surface area contributed by atoms with Crippen LogP contribution in [-0.2, 0) is 4.84 Å². The summed E-state index contributed by atoms with van der Waals surface area (Å²) in [7, 11) is 0. The first kappa shape index (κ1) is 16.6. The zero-order valence-corrected chi connectivity index (χ0v) is 12.4. The van der Waals surface area contributed by atoms with Crippen molar-refractivity contribution >= 4 is 11.8 Å². The minimum Gasteiger partial charge on any atom is -0.478 e. The molecule has 0 aliphatic carbocycles. The molecule has 6 nitrogen and oxygen atoms in total. The van der Waals surface area contributed by atoms with Crippen molar-refractivity contribution in [2.45, 2.75) is 12.6 Å². The number of rotatable bonds is 4. The Bertz CT molecular complexity index is 836. The summed E-state index contributed by atoms with van der Waals surface area (Å²) in [6, 6.07) is 11.3. The lowest BCUT2D eigenvalue weighted by atomic mass is 10.1. The van der Waals surface area contributed by atoms with Gasteiger partial charge in [-0.3, -0.25) is 0 Å². The van der Waals surface area contributed by atoms with E-state index >= 15 is 0 Å². The first-order valence-electron chi connectivity index (χ1n) is 7.01. The van der Waals surface area contributed by atoms with Crippen molar-refractivity contribution in [1.82, 2.24) is 5.32 Å². The minimum absolute atomic E-state index is 0.0750. The van der Waals surface area contributed by atoms with Gasteiger partial charge in [0.1, 0.15) is 5.75 Å². The number of nitrogens with zero attached hydrogens (tertiary/aromatic N) is 1. The van der Waals surface area contributed by atoms with E-state index in [-0.39, 0.29) is 17.1 Å². The second-order valence-corrected chi connectivity index (χ2v) is 5.08. The number of nitrogens with one attached hydrogen (secondary N) is 1. The van der Waals surface area contributed by atoms with Gasteiger partial charge in [-0.25, -0.2) is 4.79 Å². The van der Waals surface area contributed by atoms with E-state index in [0.717, 1.165) is 0 Å². The van der Waals surface area contributed by atoms with Crippen LogP contribution in [-0.4, -0.2) is 23.3 Å². The Kier molecular flexibility index (Phi) is 4.22. The van der Waals surface area contributed by atoms with Crippen molar-refractivity contribution < 1.29 is 32.6 Å². The van der Waals surface area contributed by atoms with Crippen molar-refractivity contribution in [3.05, 3.63) is 65.2 Å². The third kappa shape index (κ3) is 4.00. The maximum Gasteiger partial charge on any atom is 0.573 e. The zero-order valence-electron chi connectivity index (χ0n) is 12.4. The topological polar surface area (TPSA) is 80.2 Å². The largest absolute Gasteiger partial charge is 0.573 e. The van der Waals surface area contributed by atoms with E-state index in [1.807, 2.05) is 0 Å². The standard InChI is InChI=1S/C16H11F3N2O4/c17-16(18,19)24-12-6-2-4-10(8-12)14-20-13(21-25-14)9-3-1-5-11(7-9)15(22)23/h1-8,14H,(H,20,21)(H,22,23). The van der Waals surface area contributed by atoms with Crippen molar-refractivity contribution in [1.29, 1.82) is 0 Å². The van der Waals surface area contributed by atoms with E-state index in [4.69, 9.17) is 9.94 Å². The Labute approximate surface area is 139 Å². The van der Waals surface area contributed by atoms with Crippen LogP contribution >= 0.6 is 0 Å². The molecular weight excluding hydrogens is 341 g/mol. The van der Waals surface area contributed by atoms with E-state index in [9.17, 15) is 18.0 Å². The van der Waals surface area contributed by atoms with Gasteiger partial charge in [0, 0.05) is 11.1 Å². The molecule has 2 aromatic rings. The van der Waals surface area contributed by atoms with Gasteiger partial charge in [0.2, 0.25) is 6.23 Å². The number of aromatic carboxylic acids is 1. The van der Waals surface area contributed by atoms with Crippen LogP contribution < -0.4 is 10.1 Å². The Balaban J connectivity index is 1.75. The molecule has 0 fully saturated rings. The average molecular weight is 352 g/mol. The summed E-state index contributed by atoms with van der Waals surface area (Å²) in [5.41, 5.74) is 0.922. The van der Waals surface area contributed by atoms with Gasteiger partial charge in [0.15, 0.2) is 5.84 Å². The molecule has 2 aromatic carbocycles. The molecule has 0 amide bonds. The number of alkyl halides is 3. The number of hydrogen-bond acceptors (Lipinski definition) is 5. The van der Waals surface area contributed by atoms with E-state index < -0.39 is 18.6 Å². The molecule has 1 heterocycles. The lowest BCUT2D eigenvalue weighted by Crippen LogP contribution is -2.24. The highest BCUT2D eigenvalue weighted by molar-refractivity contribution is 6.01. The molecular formula is C16H11F3N2O4. The lowest BCUT2D eigenvalue weighted by molar-refractivity contribution is -0.274. The van der Waals surface area contributed by atoms with Crippen molar-refractivity contribution in [3.8, 4) is 5.75 Å². The fraction of sp³-hybridized carbons (Fsp3) is 0.125. The molecule has 25 heavy (non-hydrogen) atoms. The molecule has 0 saturated heterocycles. The Morgan fingerprint density at radius 3 is 2.68 bits per heavy atom. The normalized spacial score (nSPS) is 16.6. The Morgan fingerprint density at radius 2 is 1.96 bits per heavy atom. The summed E-state index contributed by atoms with van der Waals surface area (Å²) in [6.45, 7) is 0. The number of ether oxygens (including phenoxy) is 1. The van der Waals surface area contributed by atoms with Crippen LogP contribution in [0.25, 0.3) is 0 Å². The summed E-state index contributed by atoms with van der Waals surface area (Å²) < 4.78 is 40.8. The first-order valence-corrected chi connectivity index (χ1v) is 7.01. The summed E-state index contributed by atoms with van der Waals surface area (Å²) in [5.74, 6) is -1.19. The predicted octanol–water partition coefficient (Wildman–Crippen LogP) is 3.26. The minimum atomic E-state index is -4.79. The molecule has 1 aliphatic heterocycles. The smallest absolute Gasteiger partial charge is 0.478 e. The van der Waals surface area contributed by atoms with Crippen LogP contribution in [0.2, 0.25) is 0 Å². The fourth-order valence-corrected chi connectivity index (χ4v) is 2.24. The maximum absolute atomic E-state index is 12.3. The van der Waals surface area contributed by atoms with E-state index in [1.165, 1.54) is 30.3 Å². The second-order valence-electron chi connectivity index (χ2n) is 5.08. The Hall–Kier alpha value is -3.23. The fourth-order valence-electron chi connectivity index (χ4n) is 2.24. The van der Waals surface area contributed by atoms with Crippen LogP contribution in [0, 0.1) is 0 Å². The molecule has 130 valence electrons. The van der Waals surface area contributed by atoms with Gasteiger partial charge in [-0.05, 0) is 24.3 Å². The van der Waals surface area contributed by atoms with E-state index in [1.54, 1.807) is 18.2 Å². The van der Waals surface area contributed by atoms with Gasteiger partial charge < -0.3 is 20.0 Å². The molecule has 1 unspecified atom stereocenters. The van der Waals surface area contributed by atoms with Crippen LogP contribution in [0.1, 0.15) is 27.7 Å². The van der Waals surface area contributed by atoms with Gasteiger partial charge in [-0.1, -0.05) is 29.4 Å². The number of benzene rings is 2. The zero-order chi connectivity index (χ0) is 18.0. The van der Waals surface area contributed by atoms with Gasteiger partial charge in [-0.2, -0.15) is 0 Å². The highest BCUT2D eigenvalue weighted by Gasteiger charge is 2.31. The number of carbonyl (C=O) groups is 1. The van der Waals surface area contributed by atoms with Gasteiger partial charge in [0.25, 0.3) is 0 Å². The van der Waals surface area contributed by atoms with Gasteiger partial charge >= 0.3 is 12.3 Å². The molecule has 1 atom stereocenters. The predicted molar refractivity (Wildman–Crippen MR) is 80.0 cm³/mol. The summed E-state index contributed by atoms with van der Waals surface area (Å²) in [4.78, 5) is 16.2. The average Bonchev–Trinajstić information content (AvgIpc) is 3.03. The number of amidine groups is 1. The van der Waals surface area contributed by atoms with Crippen molar-refractivity contribution in [2.75, 3.05) is 0 Å². The molecule has 3 rings (SSSR count). The molecule has 2 N–H and O–H groups in total. The number of carboxylic acid groups (broad SMARTS) is 1. The van der Waals surface area contributed by atoms with E-state index in [2.05, 4.69) is 15.2 Å². The molecule has 9 heteroatoms. The van der Waals surface area contributed by atoms with Crippen molar-refractivity contribution in [3.63, 3.8) is 0 Å². The van der Waals surface area contributed by atoms with Crippen LogP contribution in [0.3, 0.4) is 0 Å². The number of oxime groups is 1. The quantitative estimate of drug-likeness (QED) is 0.883. The molecule has 0 saturated carbocycles. The van der Waals surface area contributed by atoms with Gasteiger partial charge in [0.05, 0.1) is 5.56 Å². The molecule has 1 aliphatic rings. The molecule has 0 aromatic heterocycles. The lowest BCUT2D eigenvalue weighted by Gasteiger charge is -2.13. The third-order valence-corrected chi connectivity index (χ3v) is 3.29. The summed E-state index contributed by atoms with van der Waals surface area (Å²) in [5, 5.41) is 15.7. The number of halogens is 3. The second kappa shape index (κ2) is 6.34. The first-order chi connectivity index (χ1) is 11.8. The number of carboxylic acids is 1. The van der Waals surface area contributed by atoms with Crippen LogP contribution in [0.15, 0.2) is 53.7 Å². The molecule has 0 bridgehead atoms. The van der Waals surface area contributed by atoms with E-state index in [0.29, 0.717) is 11.1 Å². The highest BCUT2D eigenvalue weighted by atomic mass is 19.4. The molecule has 0 spiro atoms. The summed E-state index contributed by atoms with van der Waals surface area (Å²) >= 11 is 0. The van der Waals surface area contributed by atoms with Crippen LogP contribution in [0.5, 0.6) is 5.75 Å². The van der Waals surface area contributed by atoms with Gasteiger partial charge in [-0.15, -0.1) is 13.2 Å². The maximum atomic E-state index is 12.3. The summed E-state index contributed by atoms with van der Waals surface area (Å²) in [6.07, 6.45) is -5.61. The molecule has 0 radical (unpaired) electrons. The SMILES string of the molecule is O=C(O)c1cccc(C2=NOC(c3cccc(OC(F)(F)F)c3)N2)c1. The monoisotopic (exact) mass is 352 g/mol. The Morgan fingerprint density at radius 1 is 1.20 bits per heavy atom. The van der Waals surface area contributed by atoms with Crippen LogP contribution in [0.4, 0.5) is 13.2 Å². The van der Waals surface area contributed by atoms with Crippen molar-refractivity contribution in [2.24, 2.45) is 5.16 Å². The highest BCUT2D eigenvalue weighted by Crippen LogP contribution is 2.27. The third-order valence-electron chi connectivity index (χ3n) is 3.29. The number of hydrogen-bond donors (Lipinski definition) is 2.